The molecule has 0 aromatic heterocycles. The van der Waals surface area contributed by atoms with Gasteiger partial charge in [-0.05, 0) is 80.0 Å². The molecule has 4 rings (SSSR count). The molecule has 0 amide bonds. The van der Waals surface area contributed by atoms with Crippen LogP contribution >= 0.6 is 0 Å². The standard InChI is InChI=1S/C17H28/c1-11-15-5-4-14(7-15)10-17(11)16-8-12-2-3-13(6-12)9-16/h11-17H,2-10H2,1H3. The lowest BCUT2D eigenvalue weighted by Crippen LogP contribution is -2.34. The van der Waals surface area contributed by atoms with Gasteiger partial charge in [0.05, 0.1) is 0 Å². The SMILES string of the molecule is CC1C2CCC(C2)CC1C1CC2CCC(C2)C1. The van der Waals surface area contributed by atoms with E-state index in [2.05, 4.69) is 6.92 Å². The molecule has 0 aromatic carbocycles. The largest absolute Gasteiger partial charge is 0.0620 e. The van der Waals surface area contributed by atoms with Crippen molar-refractivity contribution in [3.63, 3.8) is 0 Å². The summed E-state index contributed by atoms with van der Waals surface area (Å²) in [6.07, 6.45) is 14.3. The molecule has 6 atom stereocenters. The summed E-state index contributed by atoms with van der Waals surface area (Å²) in [5.41, 5.74) is 0. The fourth-order valence-electron chi connectivity index (χ4n) is 6.28. The van der Waals surface area contributed by atoms with Crippen molar-refractivity contribution in [3.05, 3.63) is 0 Å². The topological polar surface area (TPSA) is 0 Å². The Hall–Kier alpha value is 0. The lowest BCUT2D eigenvalue weighted by molar-refractivity contribution is 0.0732. The van der Waals surface area contributed by atoms with Crippen LogP contribution in [0.25, 0.3) is 0 Å². The van der Waals surface area contributed by atoms with Gasteiger partial charge < -0.3 is 0 Å². The summed E-state index contributed by atoms with van der Waals surface area (Å²) in [4.78, 5) is 0. The van der Waals surface area contributed by atoms with Crippen LogP contribution in [0.3, 0.4) is 0 Å². The normalized spacial score (nSPS) is 57.4. The maximum absolute atomic E-state index is 2.60. The number of fused-ring (bicyclic) bond motifs is 4. The molecule has 0 radical (unpaired) electrons. The molecule has 0 N–H and O–H groups in total. The number of hydrogen-bond acceptors (Lipinski definition) is 0. The van der Waals surface area contributed by atoms with E-state index in [9.17, 15) is 0 Å². The quantitative estimate of drug-likeness (QED) is 0.604. The highest BCUT2D eigenvalue weighted by atomic mass is 14.5. The van der Waals surface area contributed by atoms with Gasteiger partial charge in [-0.1, -0.05) is 26.2 Å². The van der Waals surface area contributed by atoms with Crippen molar-refractivity contribution in [1.82, 2.24) is 0 Å². The summed E-state index contributed by atoms with van der Waals surface area (Å²) in [7, 11) is 0. The third-order valence-corrected chi connectivity index (χ3v) is 7.13. The Morgan fingerprint density at radius 1 is 0.588 bits per heavy atom. The summed E-state index contributed by atoms with van der Waals surface area (Å²) >= 11 is 0. The van der Waals surface area contributed by atoms with Gasteiger partial charge in [0.25, 0.3) is 0 Å². The van der Waals surface area contributed by atoms with E-state index < -0.39 is 0 Å². The first-order valence-electron chi connectivity index (χ1n) is 8.29. The third kappa shape index (κ3) is 1.78. The fourth-order valence-corrected chi connectivity index (χ4v) is 6.28. The van der Waals surface area contributed by atoms with Gasteiger partial charge in [-0.15, -0.1) is 0 Å². The second kappa shape index (κ2) is 4.00. The second-order valence-electron chi connectivity index (χ2n) is 7.97. The van der Waals surface area contributed by atoms with Gasteiger partial charge in [0, 0.05) is 0 Å². The smallest absolute Gasteiger partial charge is 0.0355 e. The van der Waals surface area contributed by atoms with Crippen LogP contribution in [0.1, 0.15) is 64.7 Å². The summed E-state index contributed by atoms with van der Waals surface area (Å²) in [5.74, 6) is 7.88. The van der Waals surface area contributed by atoms with Crippen LogP contribution in [0.4, 0.5) is 0 Å². The highest BCUT2D eigenvalue weighted by Gasteiger charge is 2.45. The Morgan fingerprint density at radius 2 is 1.18 bits per heavy atom. The molecule has 4 fully saturated rings. The number of rotatable bonds is 1. The average Bonchev–Trinajstić information content (AvgIpc) is 2.89. The molecule has 17 heavy (non-hydrogen) atoms. The Kier molecular flexibility index (Phi) is 2.56. The van der Waals surface area contributed by atoms with Gasteiger partial charge in [-0.3, -0.25) is 0 Å². The van der Waals surface area contributed by atoms with Crippen molar-refractivity contribution in [2.24, 2.45) is 41.4 Å². The first-order chi connectivity index (χ1) is 8.29. The number of hydrogen-bond donors (Lipinski definition) is 0. The van der Waals surface area contributed by atoms with Crippen LogP contribution in [0, 0.1) is 41.4 Å². The molecular formula is C17H28. The third-order valence-electron chi connectivity index (χ3n) is 7.13. The molecule has 6 unspecified atom stereocenters. The Labute approximate surface area is 107 Å². The molecule has 4 saturated carbocycles. The molecule has 4 bridgehead atoms. The molecule has 0 saturated heterocycles. The van der Waals surface area contributed by atoms with Gasteiger partial charge in [-0.2, -0.15) is 0 Å². The van der Waals surface area contributed by atoms with Crippen LogP contribution in [-0.2, 0) is 0 Å². The summed E-state index contributed by atoms with van der Waals surface area (Å²) in [6.45, 7) is 2.60. The van der Waals surface area contributed by atoms with Crippen molar-refractivity contribution in [2.75, 3.05) is 0 Å². The molecule has 0 aromatic rings. The predicted octanol–water partition coefficient (Wildman–Crippen LogP) is 4.89. The maximum atomic E-state index is 2.60. The van der Waals surface area contributed by atoms with Crippen molar-refractivity contribution in [1.29, 1.82) is 0 Å². The van der Waals surface area contributed by atoms with Crippen LogP contribution in [-0.4, -0.2) is 0 Å². The van der Waals surface area contributed by atoms with E-state index in [1.807, 2.05) is 0 Å². The molecule has 0 aliphatic heterocycles. The van der Waals surface area contributed by atoms with Gasteiger partial charge in [0.2, 0.25) is 0 Å². The minimum Gasteiger partial charge on any atom is -0.0620 e. The van der Waals surface area contributed by atoms with E-state index in [1.54, 1.807) is 57.8 Å². The van der Waals surface area contributed by atoms with Crippen molar-refractivity contribution < 1.29 is 0 Å². The van der Waals surface area contributed by atoms with Gasteiger partial charge in [0.15, 0.2) is 0 Å². The van der Waals surface area contributed by atoms with Gasteiger partial charge in [-0.25, -0.2) is 0 Å². The average molecular weight is 232 g/mol. The predicted molar refractivity (Wildman–Crippen MR) is 71.7 cm³/mol. The lowest BCUT2D eigenvalue weighted by atomic mass is 9.63. The zero-order chi connectivity index (χ0) is 11.4. The van der Waals surface area contributed by atoms with Crippen LogP contribution < -0.4 is 0 Å². The molecule has 96 valence electrons. The molecule has 4 aliphatic carbocycles. The van der Waals surface area contributed by atoms with Crippen molar-refractivity contribution >= 4 is 0 Å². The zero-order valence-electron chi connectivity index (χ0n) is 11.4. The minimum absolute atomic E-state index is 1.07. The molecule has 0 heterocycles. The monoisotopic (exact) mass is 232 g/mol. The van der Waals surface area contributed by atoms with E-state index in [4.69, 9.17) is 0 Å². The Bertz CT molecular complexity index is 282. The highest BCUT2D eigenvalue weighted by Crippen LogP contribution is 2.55. The summed E-state index contributed by atoms with van der Waals surface area (Å²) < 4.78 is 0. The van der Waals surface area contributed by atoms with E-state index in [-0.39, 0.29) is 0 Å². The highest BCUT2D eigenvalue weighted by molar-refractivity contribution is 4.95. The van der Waals surface area contributed by atoms with Gasteiger partial charge in [0.1, 0.15) is 0 Å². The molecular weight excluding hydrogens is 204 g/mol. The van der Waals surface area contributed by atoms with E-state index in [1.165, 1.54) is 0 Å². The van der Waals surface area contributed by atoms with Crippen molar-refractivity contribution in [2.45, 2.75) is 64.7 Å². The van der Waals surface area contributed by atoms with E-state index >= 15 is 0 Å². The van der Waals surface area contributed by atoms with E-state index in [0.717, 1.165) is 41.4 Å². The zero-order valence-corrected chi connectivity index (χ0v) is 11.4. The molecule has 0 spiro atoms. The minimum atomic E-state index is 1.07. The second-order valence-corrected chi connectivity index (χ2v) is 7.97. The first kappa shape index (κ1) is 10.9. The molecule has 0 heteroatoms. The van der Waals surface area contributed by atoms with E-state index in [0.29, 0.717) is 0 Å². The van der Waals surface area contributed by atoms with Crippen LogP contribution in [0.2, 0.25) is 0 Å². The van der Waals surface area contributed by atoms with Crippen molar-refractivity contribution in [3.8, 4) is 0 Å². The summed E-state index contributed by atoms with van der Waals surface area (Å²) in [6, 6.07) is 0. The molecule has 4 aliphatic rings. The molecule has 0 nitrogen and oxygen atoms in total. The fraction of sp³-hybridized carbons (Fsp3) is 1.00. The lowest BCUT2D eigenvalue weighted by Gasteiger charge is -2.42. The van der Waals surface area contributed by atoms with Gasteiger partial charge >= 0.3 is 0 Å². The maximum Gasteiger partial charge on any atom is -0.0355 e. The van der Waals surface area contributed by atoms with Crippen LogP contribution in [0.15, 0.2) is 0 Å². The van der Waals surface area contributed by atoms with Crippen LogP contribution in [0.5, 0.6) is 0 Å². The summed E-state index contributed by atoms with van der Waals surface area (Å²) in [5, 5.41) is 0. The first-order valence-corrected chi connectivity index (χ1v) is 8.29. The Morgan fingerprint density at radius 3 is 1.94 bits per heavy atom. The Balaban J connectivity index is 1.51.